The van der Waals surface area contributed by atoms with Crippen LogP contribution in [0.4, 0.5) is 0 Å². The Morgan fingerprint density at radius 2 is 1.87 bits per heavy atom. The van der Waals surface area contributed by atoms with Gasteiger partial charge < -0.3 is 15.2 Å². The fraction of sp³-hybridized carbons (Fsp3) is 0.400. The summed E-state index contributed by atoms with van der Waals surface area (Å²) in [6.07, 6.45) is 4.14. The number of hydrogen-bond donors (Lipinski definition) is 2. The highest BCUT2D eigenvalue weighted by Gasteiger charge is 2.35. The van der Waals surface area contributed by atoms with Gasteiger partial charge in [-0.05, 0) is 55.0 Å². The Morgan fingerprint density at radius 3 is 2.57 bits per heavy atom. The predicted octanol–water partition coefficient (Wildman–Crippen LogP) is 4.36. The van der Waals surface area contributed by atoms with Crippen molar-refractivity contribution < 1.29 is 9.84 Å². The molecule has 0 amide bonds. The molecule has 1 atom stereocenters. The fourth-order valence-corrected chi connectivity index (χ4v) is 4.24. The van der Waals surface area contributed by atoms with Crippen molar-refractivity contribution in [3.63, 3.8) is 0 Å². The van der Waals surface area contributed by atoms with E-state index in [2.05, 4.69) is 67.2 Å². The first-order valence-corrected chi connectivity index (χ1v) is 10.6. The van der Waals surface area contributed by atoms with Crippen molar-refractivity contribution >= 4 is 0 Å². The van der Waals surface area contributed by atoms with Gasteiger partial charge in [0.05, 0.1) is 18.5 Å². The molecule has 158 valence electrons. The number of benzene rings is 2. The van der Waals surface area contributed by atoms with Gasteiger partial charge in [-0.3, -0.25) is 0 Å². The van der Waals surface area contributed by atoms with Crippen LogP contribution in [0, 0.1) is 12.3 Å². The topological polar surface area (TPSA) is 59.3 Å². The van der Waals surface area contributed by atoms with Crippen LogP contribution < -0.4 is 10.1 Å². The summed E-state index contributed by atoms with van der Waals surface area (Å²) in [4.78, 5) is 0. The van der Waals surface area contributed by atoms with Crippen molar-refractivity contribution in [1.82, 2.24) is 15.1 Å². The van der Waals surface area contributed by atoms with Crippen molar-refractivity contribution in [3.8, 4) is 11.4 Å². The lowest BCUT2D eigenvalue weighted by atomic mass is 9.74. The van der Waals surface area contributed by atoms with Crippen LogP contribution in [0.25, 0.3) is 5.69 Å². The summed E-state index contributed by atoms with van der Waals surface area (Å²) in [5.41, 5.74) is 6.40. The number of hydrogen-bond acceptors (Lipinski definition) is 4. The zero-order valence-corrected chi connectivity index (χ0v) is 18.1. The van der Waals surface area contributed by atoms with Gasteiger partial charge in [0.25, 0.3) is 0 Å². The second-order valence-electron chi connectivity index (χ2n) is 8.99. The van der Waals surface area contributed by atoms with Crippen LogP contribution >= 0.6 is 0 Å². The maximum absolute atomic E-state index is 8.88. The largest absolute Gasteiger partial charge is 0.491 e. The number of aliphatic hydroxyl groups is 1. The number of aromatic nitrogens is 2. The van der Waals surface area contributed by atoms with E-state index in [1.165, 1.54) is 22.4 Å². The molecule has 0 saturated carbocycles. The van der Waals surface area contributed by atoms with Gasteiger partial charge in [-0.15, -0.1) is 0 Å². The minimum atomic E-state index is 0.0272. The third kappa shape index (κ3) is 4.58. The molecular formula is C25H31N3O2. The number of nitrogens with one attached hydrogen (secondary N) is 1. The molecule has 1 heterocycles. The second kappa shape index (κ2) is 8.62. The van der Waals surface area contributed by atoms with Crippen molar-refractivity contribution in [1.29, 1.82) is 0 Å². The highest BCUT2D eigenvalue weighted by molar-refractivity contribution is 5.39. The first kappa shape index (κ1) is 20.6. The maximum atomic E-state index is 8.88. The molecule has 0 spiro atoms. The third-order valence-corrected chi connectivity index (χ3v) is 5.79. The number of aryl methyl sites for hydroxylation is 1. The third-order valence-electron chi connectivity index (χ3n) is 5.79. The van der Waals surface area contributed by atoms with Crippen molar-refractivity contribution in [2.24, 2.45) is 5.41 Å². The van der Waals surface area contributed by atoms with Gasteiger partial charge in [-0.2, -0.15) is 5.10 Å². The summed E-state index contributed by atoms with van der Waals surface area (Å²) in [6.45, 7) is 7.92. The van der Waals surface area contributed by atoms with E-state index in [9.17, 15) is 0 Å². The lowest BCUT2D eigenvalue weighted by Crippen LogP contribution is -2.33. The first-order valence-electron chi connectivity index (χ1n) is 10.6. The molecule has 2 aromatic carbocycles. The van der Waals surface area contributed by atoms with Crippen molar-refractivity contribution in [2.75, 3.05) is 13.2 Å². The Hall–Kier alpha value is -2.63. The first-order chi connectivity index (χ1) is 14.4. The maximum Gasteiger partial charge on any atom is 0.119 e. The minimum Gasteiger partial charge on any atom is -0.491 e. The number of aliphatic hydroxyl groups excluding tert-OH is 1. The Bertz CT molecular complexity index is 975. The van der Waals surface area contributed by atoms with Gasteiger partial charge in [0.15, 0.2) is 0 Å². The highest BCUT2D eigenvalue weighted by Crippen LogP contribution is 2.41. The SMILES string of the molecule is Cc1ccc(-n2ncc3c2CC(C)(C)CC3NCc2ccc(OCCO)cc2)cc1. The zero-order valence-electron chi connectivity index (χ0n) is 18.1. The fourth-order valence-electron chi connectivity index (χ4n) is 4.24. The van der Waals surface area contributed by atoms with E-state index in [1.807, 2.05) is 18.3 Å². The lowest BCUT2D eigenvalue weighted by Gasteiger charge is -2.36. The standard InChI is InChI=1S/C25H31N3O2/c1-18-4-8-20(9-5-18)28-24-15-25(2,3)14-23(22(24)17-27-28)26-16-19-6-10-21(11-7-19)30-13-12-29/h4-11,17,23,26,29H,12-16H2,1-3H3. The van der Waals surface area contributed by atoms with E-state index < -0.39 is 0 Å². The van der Waals surface area contributed by atoms with Crippen LogP contribution in [-0.2, 0) is 13.0 Å². The molecule has 3 aromatic rings. The van der Waals surface area contributed by atoms with E-state index in [1.54, 1.807) is 0 Å². The Labute approximate surface area is 178 Å². The summed E-state index contributed by atoms with van der Waals surface area (Å²) >= 11 is 0. The van der Waals surface area contributed by atoms with Gasteiger partial charge in [0.1, 0.15) is 12.4 Å². The van der Waals surface area contributed by atoms with E-state index >= 15 is 0 Å². The van der Waals surface area contributed by atoms with Gasteiger partial charge in [0.2, 0.25) is 0 Å². The zero-order chi connectivity index (χ0) is 21.1. The number of fused-ring (bicyclic) bond motifs is 1. The second-order valence-corrected chi connectivity index (χ2v) is 8.99. The van der Waals surface area contributed by atoms with Crippen molar-refractivity contribution in [2.45, 2.75) is 46.2 Å². The van der Waals surface area contributed by atoms with Crippen LogP contribution in [0.15, 0.2) is 54.7 Å². The monoisotopic (exact) mass is 405 g/mol. The quantitative estimate of drug-likeness (QED) is 0.613. The number of ether oxygens (including phenoxy) is 1. The normalized spacial score (nSPS) is 17.5. The molecule has 0 aliphatic heterocycles. The average Bonchev–Trinajstić information content (AvgIpc) is 3.14. The highest BCUT2D eigenvalue weighted by atomic mass is 16.5. The van der Waals surface area contributed by atoms with E-state index in [4.69, 9.17) is 14.9 Å². The molecule has 1 aliphatic rings. The molecule has 1 aliphatic carbocycles. The summed E-state index contributed by atoms with van der Waals surface area (Å²) in [7, 11) is 0. The average molecular weight is 406 g/mol. The molecule has 1 aromatic heterocycles. The lowest BCUT2D eigenvalue weighted by molar-refractivity contribution is 0.201. The predicted molar refractivity (Wildman–Crippen MR) is 119 cm³/mol. The molecule has 0 bridgehead atoms. The Morgan fingerprint density at radius 1 is 1.13 bits per heavy atom. The molecular weight excluding hydrogens is 374 g/mol. The van der Waals surface area contributed by atoms with E-state index in [0.29, 0.717) is 6.61 Å². The summed E-state index contributed by atoms with van der Waals surface area (Å²) in [6, 6.07) is 16.9. The molecule has 2 N–H and O–H groups in total. The summed E-state index contributed by atoms with van der Waals surface area (Å²) in [5, 5.41) is 17.4. The van der Waals surface area contributed by atoms with Crippen molar-refractivity contribution in [3.05, 3.63) is 77.1 Å². The van der Waals surface area contributed by atoms with Gasteiger partial charge >= 0.3 is 0 Å². The van der Waals surface area contributed by atoms with Crippen LogP contribution in [-0.4, -0.2) is 28.1 Å². The molecule has 0 fully saturated rings. The molecule has 5 nitrogen and oxygen atoms in total. The van der Waals surface area contributed by atoms with Crippen LogP contribution in [0.3, 0.4) is 0 Å². The Kier molecular flexibility index (Phi) is 5.93. The minimum absolute atomic E-state index is 0.0272. The molecule has 4 rings (SSSR count). The van der Waals surface area contributed by atoms with Crippen LogP contribution in [0.5, 0.6) is 5.75 Å². The van der Waals surface area contributed by atoms with Gasteiger partial charge in [0, 0.05) is 23.8 Å². The summed E-state index contributed by atoms with van der Waals surface area (Å²) < 4.78 is 7.56. The van der Waals surface area contributed by atoms with E-state index in [0.717, 1.165) is 30.8 Å². The number of rotatable bonds is 7. The van der Waals surface area contributed by atoms with Crippen LogP contribution in [0.2, 0.25) is 0 Å². The molecule has 1 unspecified atom stereocenters. The molecule has 30 heavy (non-hydrogen) atoms. The molecule has 0 radical (unpaired) electrons. The molecule has 0 saturated heterocycles. The number of nitrogens with zero attached hydrogens (tertiary/aromatic N) is 2. The van der Waals surface area contributed by atoms with Crippen LogP contribution in [0.1, 0.15) is 48.7 Å². The van der Waals surface area contributed by atoms with E-state index in [-0.39, 0.29) is 18.1 Å². The molecule has 5 heteroatoms. The summed E-state index contributed by atoms with van der Waals surface area (Å²) in [5.74, 6) is 0.785. The van der Waals surface area contributed by atoms with Gasteiger partial charge in [-0.25, -0.2) is 4.68 Å². The Balaban J connectivity index is 1.52. The van der Waals surface area contributed by atoms with Gasteiger partial charge in [-0.1, -0.05) is 43.7 Å². The smallest absolute Gasteiger partial charge is 0.119 e.